The van der Waals surface area contributed by atoms with Crippen LogP contribution in [0.15, 0.2) is 67.0 Å². The van der Waals surface area contributed by atoms with Gasteiger partial charge in [-0.2, -0.15) is 4.68 Å². The van der Waals surface area contributed by atoms with E-state index >= 15 is 0 Å². The highest BCUT2D eigenvalue weighted by Gasteiger charge is 2.09. The Bertz CT molecular complexity index is 1290. The highest BCUT2D eigenvalue weighted by molar-refractivity contribution is 6.02. The quantitative estimate of drug-likeness (QED) is 0.460. The number of nitrogens with zero attached hydrogens (tertiary/aromatic N) is 5. The number of nitrogens with one attached hydrogen (secondary N) is 1. The van der Waals surface area contributed by atoms with Crippen molar-refractivity contribution in [3.8, 4) is 17.2 Å². The van der Waals surface area contributed by atoms with Crippen molar-refractivity contribution >= 4 is 17.7 Å². The van der Waals surface area contributed by atoms with Gasteiger partial charge in [0.1, 0.15) is 5.75 Å². The number of aryl methyl sites for hydroxylation is 2. The summed E-state index contributed by atoms with van der Waals surface area (Å²) in [7, 11) is 0. The Morgan fingerprint density at radius 3 is 2.75 bits per heavy atom. The molecule has 0 bridgehead atoms. The molecule has 8 nitrogen and oxygen atoms in total. The molecule has 0 saturated heterocycles. The van der Waals surface area contributed by atoms with Crippen molar-refractivity contribution in [2.24, 2.45) is 0 Å². The highest BCUT2D eigenvalue weighted by Crippen LogP contribution is 2.25. The number of amides is 1. The van der Waals surface area contributed by atoms with Crippen LogP contribution in [0.3, 0.4) is 0 Å². The van der Waals surface area contributed by atoms with Crippen molar-refractivity contribution in [2.45, 2.75) is 13.8 Å². The number of hydrogen-bond acceptors (Lipinski definition) is 6. The maximum atomic E-state index is 14.4. The van der Waals surface area contributed by atoms with Gasteiger partial charge >= 0.3 is 0 Å². The zero-order chi connectivity index (χ0) is 22.5. The average Bonchev–Trinajstić information content (AvgIpc) is 3.21. The first-order valence-corrected chi connectivity index (χ1v) is 9.72. The lowest BCUT2D eigenvalue weighted by atomic mass is 10.1. The molecule has 2 aromatic carbocycles. The SMILES string of the molecule is Cc1ccc(NC(=O)/C=C/c2ccc(Oc3cccnc3)c(F)c2)cc1-n1nnnc1C. The van der Waals surface area contributed by atoms with Crippen molar-refractivity contribution in [1.82, 2.24) is 25.2 Å². The molecule has 4 rings (SSSR count). The zero-order valence-corrected chi connectivity index (χ0v) is 17.4. The fraction of sp³-hybridized carbons (Fsp3) is 0.0870. The Balaban J connectivity index is 1.44. The minimum absolute atomic E-state index is 0.0738. The van der Waals surface area contributed by atoms with Crippen LogP contribution in [0.1, 0.15) is 17.0 Å². The second-order valence-electron chi connectivity index (χ2n) is 6.94. The van der Waals surface area contributed by atoms with Crippen LogP contribution in [0.2, 0.25) is 0 Å². The van der Waals surface area contributed by atoms with E-state index in [9.17, 15) is 9.18 Å². The number of benzene rings is 2. The molecule has 0 atom stereocenters. The van der Waals surface area contributed by atoms with Crippen molar-refractivity contribution in [3.63, 3.8) is 0 Å². The molecule has 1 N–H and O–H groups in total. The minimum atomic E-state index is -0.545. The molecule has 9 heteroatoms. The third-order valence-electron chi connectivity index (χ3n) is 4.58. The Morgan fingerprint density at radius 2 is 2.03 bits per heavy atom. The van der Waals surface area contributed by atoms with Gasteiger partial charge in [0.05, 0.1) is 11.9 Å². The normalized spacial score (nSPS) is 11.0. The summed E-state index contributed by atoms with van der Waals surface area (Å²) in [5.74, 6) is 0.239. The summed E-state index contributed by atoms with van der Waals surface area (Å²) >= 11 is 0. The van der Waals surface area contributed by atoms with Crippen molar-refractivity contribution in [3.05, 3.63) is 89.8 Å². The molecule has 4 aromatic rings. The van der Waals surface area contributed by atoms with E-state index in [0.29, 0.717) is 22.8 Å². The first kappa shape index (κ1) is 20.9. The van der Waals surface area contributed by atoms with Gasteiger partial charge < -0.3 is 10.1 Å². The largest absolute Gasteiger partial charge is 0.453 e. The van der Waals surface area contributed by atoms with E-state index in [1.807, 2.05) is 13.0 Å². The predicted molar refractivity (Wildman–Crippen MR) is 117 cm³/mol. The molecular formula is C23H19FN6O2. The molecule has 0 radical (unpaired) electrons. The van der Waals surface area contributed by atoms with E-state index in [1.165, 1.54) is 30.5 Å². The molecule has 2 aromatic heterocycles. The number of rotatable bonds is 6. The summed E-state index contributed by atoms with van der Waals surface area (Å²) in [5, 5.41) is 14.3. The standard InChI is InChI=1S/C23H19FN6O2/c1-15-5-8-18(13-21(15)30-16(2)27-28-29-30)26-23(31)10-7-17-6-9-22(20(24)12-17)32-19-4-3-11-25-14-19/h3-14H,1-2H3,(H,26,31)/b10-7+. The Morgan fingerprint density at radius 1 is 1.16 bits per heavy atom. The Labute approximate surface area is 183 Å². The lowest BCUT2D eigenvalue weighted by molar-refractivity contribution is -0.111. The van der Waals surface area contributed by atoms with E-state index in [1.54, 1.807) is 48.1 Å². The van der Waals surface area contributed by atoms with Crippen molar-refractivity contribution < 1.29 is 13.9 Å². The average molecular weight is 430 g/mol. The Kier molecular flexibility index (Phi) is 5.98. The van der Waals surface area contributed by atoms with Gasteiger partial charge in [-0.3, -0.25) is 9.78 Å². The van der Waals surface area contributed by atoms with Crippen LogP contribution >= 0.6 is 0 Å². The molecule has 0 spiro atoms. The summed E-state index contributed by atoms with van der Waals surface area (Å²) in [6.45, 7) is 3.72. The molecule has 0 aliphatic rings. The third-order valence-corrected chi connectivity index (χ3v) is 4.58. The molecule has 32 heavy (non-hydrogen) atoms. The molecule has 0 aliphatic carbocycles. The van der Waals surface area contributed by atoms with Crippen LogP contribution in [-0.4, -0.2) is 31.1 Å². The van der Waals surface area contributed by atoms with Crippen LogP contribution in [0.25, 0.3) is 11.8 Å². The van der Waals surface area contributed by atoms with Gasteiger partial charge in [-0.05, 0) is 77.9 Å². The Hall–Kier alpha value is -4.40. The third kappa shape index (κ3) is 4.84. The number of aromatic nitrogens is 5. The summed E-state index contributed by atoms with van der Waals surface area (Å²) in [5.41, 5.74) is 2.82. The maximum absolute atomic E-state index is 14.4. The second kappa shape index (κ2) is 9.17. The van der Waals surface area contributed by atoms with Gasteiger partial charge in [0, 0.05) is 18.0 Å². The fourth-order valence-electron chi connectivity index (χ4n) is 2.96. The molecule has 2 heterocycles. The van der Waals surface area contributed by atoms with Crippen LogP contribution in [0.5, 0.6) is 11.5 Å². The monoisotopic (exact) mass is 430 g/mol. The molecule has 0 unspecified atom stereocenters. The van der Waals surface area contributed by atoms with E-state index in [4.69, 9.17) is 4.74 Å². The van der Waals surface area contributed by atoms with Crippen LogP contribution in [0.4, 0.5) is 10.1 Å². The first-order chi connectivity index (χ1) is 15.5. The number of ether oxygens (including phenoxy) is 1. The van der Waals surface area contributed by atoms with Gasteiger partial charge in [0.2, 0.25) is 5.91 Å². The van der Waals surface area contributed by atoms with Gasteiger partial charge in [-0.25, -0.2) is 4.39 Å². The lowest BCUT2D eigenvalue weighted by Gasteiger charge is -2.09. The molecule has 0 aliphatic heterocycles. The number of pyridine rings is 1. The number of hydrogen-bond donors (Lipinski definition) is 1. The second-order valence-corrected chi connectivity index (χ2v) is 6.94. The number of carbonyl (C=O) groups is 1. The van der Waals surface area contributed by atoms with Crippen molar-refractivity contribution in [2.75, 3.05) is 5.32 Å². The number of halogens is 1. The smallest absolute Gasteiger partial charge is 0.248 e. The van der Waals surface area contributed by atoms with Crippen molar-refractivity contribution in [1.29, 1.82) is 0 Å². The minimum Gasteiger partial charge on any atom is -0.453 e. The fourth-order valence-corrected chi connectivity index (χ4v) is 2.96. The number of anilines is 1. The predicted octanol–water partition coefficient (Wildman–Crippen LogP) is 4.26. The topological polar surface area (TPSA) is 94.8 Å². The summed E-state index contributed by atoms with van der Waals surface area (Å²) in [4.78, 5) is 16.3. The molecule has 0 saturated carbocycles. The summed E-state index contributed by atoms with van der Waals surface area (Å²) in [6, 6.07) is 13.3. The highest BCUT2D eigenvalue weighted by atomic mass is 19.1. The number of carbonyl (C=O) groups excluding carboxylic acids is 1. The summed E-state index contributed by atoms with van der Waals surface area (Å²) in [6.07, 6.45) is 5.95. The van der Waals surface area contributed by atoms with Gasteiger partial charge in [0.15, 0.2) is 17.4 Å². The lowest BCUT2D eigenvalue weighted by Crippen LogP contribution is -2.09. The van der Waals surface area contributed by atoms with E-state index < -0.39 is 5.82 Å². The van der Waals surface area contributed by atoms with E-state index in [2.05, 4.69) is 25.8 Å². The first-order valence-electron chi connectivity index (χ1n) is 9.72. The van der Waals surface area contributed by atoms with Gasteiger partial charge in [0.25, 0.3) is 0 Å². The van der Waals surface area contributed by atoms with E-state index in [0.717, 1.165) is 11.3 Å². The van der Waals surface area contributed by atoms with E-state index in [-0.39, 0.29) is 11.7 Å². The molecule has 1 amide bonds. The molecule has 160 valence electrons. The number of tetrazole rings is 1. The maximum Gasteiger partial charge on any atom is 0.248 e. The molecular weight excluding hydrogens is 411 g/mol. The van der Waals surface area contributed by atoms with Gasteiger partial charge in [-0.1, -0.05) is 12.1 Å². The zero-order valence-electron chi connectivity index (χ0n) is 17.4. The van der Waals surface area contributed by atoms with Crippen LogP contribution in [0, 0.1) is 19.7 Å². The van der Waals surface area contributed by atoms with Gasteiger partial charge in [-0.15, -0.1) is 5.10 Å². The summed E-state index contributed by atoms with van der Waals surface area (Å²) < 4.78 is 21.4. The molecule has 0 fully saturated rings. The van der Waals surface area contributed by atoms with Crippen LogP contribution < -0.4 is 10.1 Å². The van der Waals surface area contributed by atoms with Crippen LogP contribution in [-0.2, 0) is 4.79 Å².